The van der Waals surface area contributed by atoms with Gasteiger partial charge in [0.25, 0.3) is 0 Å². The quantitative estimate of drug-likeness (QED) is 0.837. The maximum Gasteiger partial charge on any atom is 0.134 e. The van der Waals surface area contributed by atoms with E-state index < -0.39 is 0 Å². The molecule has 1 aromatic heterocycles. The van der Waals surface area contributed by atoms with Gasteiger partial charge >= 0.3 is 0 Å². The predicted molar refractivity (Wildman–Crippen MR) is 58.4 cm³/mol. The van der Waals surface area contributed by atoms with Crippen LogP contribution in [0.15, 0.2) is 28.9 Å². The summed E-state index contributed by atoms with van der Waals surface area (Å²) in [4.78, 5) is 0. The molecule has 0 radical (unpaired) electrons. The molecule has 0 aliphatic rings. The number of rotatable bonds is 3. The zero-order valence-electron chi connectivity index (χ0n) is 8.88. The van der Waals surface area contributed by atoms with Crippen LogP contribution in [0, 0.1) is 5.82 Å². The molecular formula is C12H14FNO. The van der Waals surface area contributed by atoms with Crippen LogP contribution in [0.3, 0.4) is 0 Å². The van der Waals surface area contributed by atoms with E-state index >= 15 is 0 Å². The van der Waals surface area contributed by atoms with Crippen LogP contribution in [-0.2, 0) is 6.42 Å². The Morgan fingerprint density at radius 2 is 2.27 bits per heavy atom. The van der Waals surface area contributed by atoms with E-state index in [4.69, 9.17) is 4.42 Å². The third-order valence-electron chi connectivity index (χ3n) is 2.63. The van der Waals surface area contributed by atoms with Gasteiger partial charge in [0.15, 0.2) is 0 Å². The molecule has 0 fully saturated rings. The Morgan fingerprint density at radius 1 is 1.47 bits per heavy atom. The molecule has 0 saturated heterocycles. The summed E-state index contributed by atoms with van der Waals surface area (Å²) in [5.41, 5.74) is 1.79. The molecule has 3 heteroatoms. The third-order valence-corrected chi connectivity index (χ3v) is 2.63. The number of halogens is 1. The van der Waals surface area contributed by atoms with Gasteiger partial charge in [-0.1, -0.05) is 0 Å². The summed E-state index contributed by atoms with van der Waals surface area (Å²) in [7, 11) is 1.91. The van der Waals surface area contributed by atoms with Gasteiger partial charge < -0.3 is 9.73 Å². The highest BCUT2D eigenvalue weighted by Crippen LogP contribution is 2.23. The van der Waals surface area contributed by atoms with Crippen molar-refractivity contribution in [3.63, 3.8) is 0 Å². The SMILES string of the molecule is CNC(C)Cc1coc2ccc(F)cc12. The molecule has 15 heavy (non-hydrogen) atoms. The minimum atomic E-state index is -0.220. The van der Waals surface area contributed by atoms with Gasteiger partial charge in [-0.3, -0.25) is 0 Å². The van der Waals surface area contributed by atoms with Gasteiger partial charge in [-0.2, -0.15) is 0 Å². The molecule has 80 valence electrons. The smallest absolute Gasteiger partial charge is 0.134 e. The first-order chi connectivity index (χ1) is 7.20. The maximum atomic E-state index is 13.1. The number of hydrogen-bond acceptors (Lipinski definition) is 2. The van der Waals surface area contributed by atoms with Gasteiger partial charge in [-0.15, -0.1) is 0 Å². The Hall–Kier alpha value is -1.35. The molecule has 0 aliphatic heterocycles. The molecular weight excluding hydrogens is 193 g/mol. The van der Waals surface area contributed by atoms with Crippen LogP contribution >= 0.6 is 0 Å². The van der Waals surface area contributed by atoms with Gasteiger partial charge in [0.2, 0.25) is 0 Å². The average Bonchev–Trinajstić information content (AvgIpc) is 2.61. The second kappa shape index (κ2) is 4.03. The van der Waals surface area contributed by atoms with Crippen molar-refractivity contribution >= 4 is 11.0 Å². The highest BCUT2D eigenvalue weighted by atomic mass is 19.1. The van der Waals surface area contributed by atoms with Gasteiger partial charge in [0, 0.05) is 11.4 Å². The van der Waals surface area contributed by atoms with Crippen LogP contribution < -0.4 is 5.32 Å². The van der Waals surface area contributed by atoms with Crippen molar-refractivity contribution in [1.82, 2.24) is 5.32 Å². The normalized spacial score (nSPS) is 13.3. The molecule has 2 aromatic rings. The molecule has 0 amide bonds. The molecule has 1 atom stereocenters. The Bertz CT molecular complexity index is 464. The number of furan rings is 1. The molecule has 1 aromatic carbocycles. The summed E-state index contributed by atoms with van der Waals surface area (Å²) in [5, 5.41) is 4.02. The van der Waals surface area contributed by atoms with E-state index in [-0.39, 0.29) is 5.82 Å². The zero-order chi connectivity index (χ0) is 10.8. The summed E-state index contributed by atoms with van der Waals surface area (Å²) >= 11 is 0. The van der Waals surface area contributed by atoms with Crippen molar-refractivity contribution in [2.75, 3.05) is 7.05 Å². The standard InChI is InChI=1S/C12H14FNO/c1-8(14-2)5-9-7-15-12-4-3-10(13)6-11(9)12/h3-4,6-8,14H,5H2,1-2H3. The lowest BCUT2D eigenvalue weighted by atomic mass is 10.1. The van der Waals surface area contributed by atoms with Crippen molar-refractivity contribution in [1.29, 1.82) is 0 Å². The highest BCUT2D eigenvalue weighted by Gasteiger charge is 2.09. The van der Waals surface area contributed by atoms with Crippen molar-refractivity contribution in [3.05, 3.63) is 35.8 Å². The topological polar surface area (TPSA) is 25.2 Å². The lowest BCUT2D eigenvalue weighted by molar-refractivity contribution is 0.583. The Balaban J connectivity index is 2.39. The van der Waals surface area contributed by atoms with Gasteiger partial charge in [-0.25, -0.2) is 4.39 Å². The minimum Gasteiger partial charge on any atom is -0.464 e. The fourth-order valence-corrected chi connectivity index (χ4v) is 1.64. The maximum absolute atomic E-state index is 13.1. The van der Waals surface area contributed by atoms with E-state index in [1.807, 2.05) is 7.05 Å². The van der Waals surface area contributed by atoms with Crippen LogP contribution in [0.4, 0.5) is 4.39 Å². The van der Waals surface area contributed by atoms with Crippen molar-refractivity contribution < 1.29 is 8.81 Å². The van der Waals surface area contributed by atoms with Crippen LogP contribution in [-0.4, -0.2) is 13.1 Å². The lowest BCUT2D eigenvalue weighted by Gasteiger charge is -2.07. The monoisotopic (exact) mass is 207 g/mol. The van der Waals surface area contributed by atoms with Crippen LogP contribution in [0.5, 0.6) is 0 Å². The molecule has 1 heterocycles. The van der Waals surface area contributed by atoms with Crippen molar-refractivity contribution in [2.45, 2.75) is 19.4 Å². The van der Waals surface area contributed by atoms with E-state index in [9.17, 15) is 4.39 Å². The zero-order valence-corrected chi connectivity index (χ0v) is 8.88. The summed E-state index contributed by atoms with van der Waals surface area (Å²) in [6.45, 7) is 2.08. The van der Waals surface area contributed by atoms with Crippen molar-refractivity contribution in [2.24, 2.45) is 0 Å². The van der Waals surface area contributed by atoms with E-state index in [1.54, 1.807) is 12.3 Å². The van der Waals surface area contributed by atoms with Crippen LogP contribution in [0.2, 0.25) is 0 Å². The number of nitrogens with one attached hydrogen (secondary N) is 1. The van der Waals surface area contributed by atoms with E-state index in [0.29, 0.717) is 6.04 Å². The fourth-order valence-electron chi connectivity index (χ4n) is 1.64. The van der Waals surface area contributed by atoms with Gasteiger partial charge in [0.05, 0.1) is 6.26 Å². The first-order valence-electron chi connectivity index (χ1n) is 5.03. The Labute approximate surface area is 88.1 Å². The predicted octanol–water partition coefficient (Wildman–Crippen LogP) is 2.72. The molecule has 2 rings (SSSR count). The summed E-state index contributed by atoms with van der Waals surface area (Å²) in [6, 6.07) is 4.96. The third kappa shape index (κ3) is 2.02. The largest absolute Gasteiger partial charge is 0.464 e. The molecule has 2 nitrogen and oxygen atoms in total. The number of hydrogen-bond donors (Lipinski definition) is 1. The highest BCUT2D eigenvalue weighted by molar-refractivity contribution is 5.81. The average molecular weight is 207 g/mol. The van der Waals surface area contributed by atoms with E-state index in [0.717, 1.165) is 23.0 Å². The lowest BCUT2D eigenvalue weighted by Crippen LogP contribution is -2.23. The molecule has 1 unspecified atom stereocenters. The molecule has 1 N–H and O–H groups in total. The Kier molecular flexibility index (Phi) is 2.73. The van der Waals surface area contributed by atoms with E-state index in [2.05, 4.69) is 12.2 Å². The van der Waals surface area contributed by atoms with Gasteiger partial charge in [-0.05, 0) is 44.2 Å². The summed E-state index contributed by atoms with van der Waals surface area (Å²) in [6.07, 6.45) is 2.55. The van der Waals surface area contributed by atoms with E-state index in [1.165, 1.54) is 12.1 Å². The number of likely N-dealkylation sites (N-methyl/N-ethyl adjacent to an activating group) is 1. The van der Waals surface area contributed by atoms with Crippen molar-refractivity contribution in [3.8, 4) is 0 Å². The first kappa shape index (κ1) is 10.2. The fraction of sp³-hybridized carbons (Fsp3) is 0.333. The molecule has 0 bridgehead atoms. The summed E-state index contributed by atoms with van der Waals surface area (Å²) < 4.78 is 18.4. The first-order valence-corrected chi connectivity index (χ1v) is 5.03. The molecule has 0 aliphatic carbocycles. The van der Waals surface area contributed by atoms with Gasteiger partial charge in [0.1, 0.15) is 11.4 Å². The minimum absolute atomic E-state index is 0.220. The number of benzene rings is 1. The second-order valence-corrected chi connectivity index (χ2v) is 3.80. The molecule has 0 saturated carbocycles. The number of fused-ring (bicyclic) bond motifs is 1. The van der Waals surface area contributed by atoms with Crippen LogP contribution in [0.1, 0.15) is 12.5 Å². The molecule has 0 spiro atoms. The second-order valence-electron chi connectivity index (χ2n) is 3.80. The summed E-state index contributed by atoms with van der Waals surface area (Å²) in [5.74, 6) is -0.220. The Morgan fingerprint density at radius 3 is 3.00 bits per heavy atom. The van der Waals surface area contributed by atoms with Crippen LogP contribution in [0.25, 0.3) is 11.0 Å².